The maximum Gasteiger partial charge on any atom is 0.0684 e. The van der Waals surface area contributed by atoms with Gasteiger partial charge in [0.05, 0.1) is 6.61 Å². The molecule has 0 aliphatic heterocycles. The minimum atomic E-state index is 0.0832. The third-order valence-corrected chi connectivity index (χ3v) is 5.43. The van der Waals surface area contributed by atoms with Gasteiger partial charge in [-0.1, -0.05) is 103 Å². The van der Waals surface area contributed by atoms with Crippen LogP contribution in [0, 0.1) is 0 Å². The highest BCUT2D eigenvalue weighted by Gasteiger charge is 2.08. The average molecular weight is 379 g/mol. The fourth-order valence-corrected chi connectivity index (χ4v) is 3.89. The van der Waals surface area contributed by atoms with Crippen LogP contribution in [0.5, 0.6) is 0 Å². The summed E-state index contributed by atoms with van der Waals surface area (Å²) in [5.74, 6) is 0. The van der Waals surface area contributed by atoms with Crippen LogP contribution in [0.15, 0.2) is 103 Å². The SMILES string of the molecule is OCc1ccccc1Cc1ccccc1Cc1cccc(Cc2ccccc2)c1. The van der Waals surface area contributed by atoms with Gasteiger partial charge in [-0.15, -0.1) is 0 Å². The minimum Gasteiger partial charge on any atom is -0.392 e. The number of hydrogen-bond donors (Lipinski definition) is 1. The molecule has 0 spiro atoms. The van der Waals surface area contributed by atoms with Crippen LogP contribution < -0.4 is 0 Å². The van der Waals surface area contributed by atoms with Gasteiger partial charge in [-0.25, -0.2) is 0 Å². The van der Waals surface area contributed by atoms with E-state index in [4.69, 9.17) is 0 Å². The zero-order valence-electron chi connectivity index (χ0n) is 16.6. The molecule has 0 fully saturated rings. The second-order valence-corrected chi connectivity index (χ2v) is 7.53. The molecule has 0 radical (unpaired) electrons. The number of rotatable bonds is 7. The normalized spacial score (nSPS) is 10.8. The van der Waals surface area contributed by atoms with Crippen LogP contribution >= 0.6 is 0 Å². The van der Waals surface area contributed by atoms with Crippen LogP contribution in [0.1, 0.15) is 38.9 Å². The molecule has 4 aromatic rings. The summed E-state index contributed by atoms with van der Waals surface area (Å²) in [7, 11) is 0. The Bertz CT molecular complexity index is 1070. The Hall–Kier alpha value is -3.16. The summed E-state index contributed by atoms with van der Waals surface area (Å²) < 4.78 is 0. The van der Waals surface area contributed by atoms with Gasteiger partial charge in [0.2, 0.25) is 0 Å². The van der Waals surface area contributed by atoms with Crippen LogP contribution in [0.3, 0.4) is 0 Å². The monoisotopic (exact) mass is 378 g/mol. The molecule has 1 nitrogen and oxygen atoms in total. The number of aliphatic hydroxyl groups is 1. The second-order valence-electron chi connectivity index (χ2n) is 7.53. The first-order valence-electron chi connectivity index (χ1n) is 10.2. The maximum atomic E-state index is 9.65. The van der Waals surface area contributed by atoms with E-state index in [1.165, 1.54) is 33.4 Å². The van der Waals surface area contributed by atoms with Crippen molar-refractivity contribution in [1.82, 2.24) is 0 Å². The molecule has 4 rings (SSSR count). The molecule has 0 heterocycles. The quantitative estimate of drug-likeness (QED) is 0.421. The van der Waals surface area contributed by atoms with Crippen molar-refractivity contribution in [2.24, 2.45) is 0 Å². The molecule has 144 valence electrons. The van der Waals surface area contributed by atoms with Crippen LogP contribution in [0.4, 0.5) is 0 Å². The van der Waals surface area contributed by atoms with Gasteiger partial charge in [-0.3, -0.25) is 0 Å². The summed E-state index contributed by atoms with van der Waals surface area (Å²) >= 11 is 0. The van der Waals surface area contributed by atoms with E-state index < -0.39 is 0 Å². The van der Waals surface area contributed by atoms with E-state index in [1.54, 1.807) is 0 Å². The summed E-state index contributed by atoms with van der Waals surface area (Å²) in [6, 6.07) is 36.3. The van der Waals surface area contributed by atoms with E-state index in [9.17, 15) is 5.11 Å². The molecule has 0 atom stereocenters. The van der Waals surface area contributed by atoms with E-state index in [0.717, 1.165) is 24.8 Å². The van der Waals surface area contributed by atoms with Crippen molar-refractivity contribution in [3.63, 3.8) is 0 Å². The molecule has 0 saturated carbocycles. The van der Waals surface area contributed by atoms with Crippen molar-refractivity contribution < 1.29 is 5.11 Å². The Kier molecular flexibility index (Phi) is 6.19. The molecule has 0 amide bonds. The first-order valence-corrected chi connectivity index (χ1v) is 10.2. The lowest BCUT2D eigenvalue weighted by molar-refractivity contribution is 0.281. The number of benzene rings is 4. The highest BCUT2D eigenvalue weighted by molar-refractivity contribution is 5.40. The van der Waals surface area contributed by atoms with Crippen molar-refractivity contribution in [3.8, 4) is 0 Å². The molecule has 0 aliphatic carbocycles. The average Bonchev–Trinajstić information content (AvgIpc) is 2.76. The van der Waals surface area contributed by atoms with E-state index in [1.807, 2.05) is 18.2 Å². The molecule has 0 aromatic heterocycles. The zero-order chi connectivity index (χ0) is 19.9. The van der Waals surface area contributed by atoms with Crippen molar-refractivity contribution in [1.29, 1.82) is 0 Å². The fraction of sp³-hybridized carbons (Fsp3) is 0.143. The maximum absolute atomic E-state index is 9.65. The first-order chi connectivity index (χ1) is 14.3. The molecule has 0 unspecified atom stereocenters. The molecular formula is C28H26O. The summed E-state index contributed by atoms with van der Waals surface area (Å²) in [6.07, 6.45) is 2.72. The molecule has 0 saturated heterocycles. The van der Waals surface area contributed by atoms with Gasteiger partial charge < -0.3 is 5.11 Å². The van der Waals surface area contributed by atoms with E-state index in [2.05, 4.69) is 84.9 Å². The van der Waals surface area contributed by atoms with Gasteiger partial charge in [0.1, 0.15) is 0 Å². The molecule has 1 heteroatoms. The Labute approximate surface area is 173 Å². The molecular weight excluding hydrogens is 352 g/mol. The van der Waals surface area contributed by atoms with Gasteiger partial charge >= 0.3 is 0 Å². The third kappa shape index (κ3) is 5.01. The van der Waals surface area contributed by atoms with Crippen molar-refractivity contribution in [3.05, 3.63) is 142 Å². The summed E-state index contributed by atoms with van der Waals surface area (Å²) in [4.78, 5) is 0. The molecule has 4 aromatic carbocycles. The van der Waals surface area contributed by atoms with Crippen LogP contribution in [-0.2, 0) is 25.9 Å². The highest BCUT2D eigenvalue weighted by Crippen LogP contribution is 2.21. The Morgan fingerprint density at radius 1 is 0.414 bits per heavy atom. The van der Waals surface area contributed by atoms with Gasteiger partial charge in [-0.05, 0) is 58.2 Å². The van der Waals surface area contributed by atoms with Crippen molar-refractivity contribution in [2.75, 3.05) is 0 Å². The predicted molar refractivity (Wildman–Crippen MR) is 120 cm³/mol. The van der Waals surface area contributed by atoms with Gasteiger partial charge in [-0.2, -0.15) is 0 Å². The summed E-state index contributed by atoms with van der Waals surface area (Å²) in [5.41, 5.74) is 8.88. The van der Waals surface area contributed by atoms with E-state index >= 15 is 0 Å². The Balaban J connectivity index is 1.55. The molecule has 29 heavy (non-hydrogen) atoms. The lowest BCUT2D eigenvalue weighted by atomic mass is 9.92. The van der Waals surface area contributed by atoms with E-state index in [0.29, 0.717) is 0 Å². The lowest BCUT2D eigenvalue weighted by Crippen LogP contribution is -2.00. The van der Waals surface area contributed by atoms with Gasteiger partial charge in [0.25, 0.3) is 0 Å². The van der Waals surface area contributed by atoms with Gasteiger partial charge in [0.15, 0.2) is 0 Å². The smallest absolute Gasteiger partial charge is 0.0684 e. The Morgan fingerprint density at radius 3 is 1.55 bits per heavy atom. The molecule has 0 aliphatic rings. The summed E-state index contributed by atoms with van der Waals surface area (Å²) in [5, 5.41) is 9.65. The topological polar surface area (TPSA) is 20.2 Å². The second kappa shape index (κ2) is 9.36. The van der Waals surface area contributed by atoms with Crippen LogP contribution in [0.25, 0.3) is 0 Å². The fourth-order valence-electron chi connectivity index (χ4n) is 3.89. The van der Waals surface area contributed by atoms with Crippen molar-refractivity contribution in [2.45, 2.75) is 25.9 Å². The largest absolute Gasteiger partial charge is 0.392 e. The van der Waals surface area contributed by atoms with Crippen LogP contribution in [0.2, 0.25) is 0 Å². The summed E-state index contributed by atoms with van der Waals surface area (Å²) in [6.45, 7) is 0.0832. The Morgan fingerprint density at radius 2 is 0.897 bits per heavy atom. The highest BCUT2D eigenvalue weighted by atomic mass is 16.3. The first kappa shape index (κ1) is 19.2. The third-order valence-electron chi connectivity index (χ3n) is 5.43. The number of hydrogen-bond acceptors (Lipinski definition) is 1. The lowest BCUT2D eigenvalue weighted by Gasteiger charge is -2.13. The molecule has 0 bridgehead atoms. The predicted octanol–water partition coefficient (Wildman–Crippen LogP) is 5.95. The number of aliphatic hydroxyl groups excluding tert-OH is 1. The standard InChI is InChI=1S/C28H26O/c29-21-28-16-7-6-15-27(28)20-26-14-5-4-13-25(26)19-24-12-8-11-23(18-24)17-22-9-2-1-3-10-22/h1-16,18,29H,17,19-21H2. The van der Waals surface area contributed by atoms with E-state index in [-0.39, 0.29) is 6.61 Å². The minimum absolute atomic E-state index is 0.0832. The zero-order valence-corrected chi connectivity index (χ0v) is 16.6. The molecule has 1 N–H and O–H groups in total. The van der Waals surface area contributed by atoms with Crippen LogP contribution in [-0.4, -0.2) is 5.11 Å². The van der Waals surface area contributed by atoms with Gasteiger partial charge in [0, 0.05) is 0 Å². The van der Waals surface area contributed by atoms with Crippen molar-refractivity contribution >= 4 is 0 Å².